The van der Waals surface area contributed by atoms with Gasteiger partial charge < -0.3 is 19.9 Å². The van der Waals surface area contributed by atoms with Gasteiger partial charge in [0.15, 0.2) is 0 Å². The summed E-state index contributed by atoms with van der Waals surface area (Å²) in [5.74, 6) is -0.703. The van der Waals surface area contributed by atoms with Crippen LogP contribution >= 0.6 is 0 Å². The number of carbonyl (C=O) groups is 3. The monoisotopic (exact) mass is 529 g/mol. The first kappa shape index (κ1) is 29.2. The molecule has 2 aliphatic heterocycles. The number of urea groups is 1. The van der Waals surface area contributed by atoms with Crippen molar-refractivity contribution in [2.24, 2.45) is 0 Å². The van der Waals surface area contributed by atoms with Gasteiger partial charge in [-0.25, -0.2) is 14.2 Å². The van der Waals surface area contributed by atoms with Crippen molar-refractivity contribution >= 4 is 17.8 Å². The van der Waals surface area contributed by atoms with Crippen LogP contribution in [0.25, 0.3) is 0 Å². The lowest BCUT2D eigenvalue weighted by Gasteiger charge is -2.55. The SMILES string of the molecule is C=CC(=C)N1CC(=O)N2[C@@H](CCC)C(=O)N(CCCOCCCC)C[C@@H]2N1C(=O)NCc1ccc(F)cc1. The summed E-state index contributed by atoms with van der Waals surface area (Å²) in [7, 11) is 0. The lowest BCUT2D eigenvalue weighted by Crippen LogP contribution is -2.76. The minimum Gasteiger partial charge on any atom is -0.381 e. The highest BCUT2D eigenvalue weighted by Crippen LogP contribution is 2.30. The minimum atomic E-state index is -0.712. The van der Waals surface area contributed by atoms with E-state index in [0.29, 0.717) is 44.7 Å². The van der Waals surface area contributed by atoms with Crippen LogP contribution in [0.15, 0.2) is 49.2 Å². The van der Waals surface area contributed by atoms with E-state index in [2.05, 4.69) is 25.4 Å². The van der Waals surface area contributed by atoms with Crippen LogP contribution < -0.4 is 5.32 Å². The first-order chi connectivity index (χ1) is 18.3. The minimum absolute atomic E-state index is 0.104. The van der Waals surface area contributed by atoms with E-state index in [4.69, 9.17) is 4.74 Å². The molecule has 3 rings (SSSR count). The van der Waals surface area contributed by atoms with Gasteiger partial charge in [0.2, 0.25) is 11.8 Å². The van der Waals surface area contributed by atoms with E-state index in [0.717, 1.165) is 18.4 Å². The van der Waals surface area contributed by atoms with Crippen molar-refractivity contribution < 1.29 is 23.5 Å². The van der Waals surface area contributed by atoms with Gasteiger partial charge in [0, 0.05) is 26.3 Å². The third-order valence-electron chi connectivity index (χ3n) is 6.81. The number of ether oxygens (including phenoxy) is 1. The third-order valence-corrected chi connectivity index (χ3v) is 6.81. The molecule has 0 radical (unpaired) electrons. The van der Waals surface area contributed by atoms with Crippen LogP contribution in [0.3, 0.4) is 0 Å². The number of nitrogens with zero attached hydrogens (tertiary/aromatic N) is 4. The molecule has 2 saturated heterocycles. The smallest absolute Gasteiger partial charge is 0.338 e. The van der Waals surface area contributed by atoms with Crippen molar-refractivity contribution in [2.45, 2.75) is 64.7 Å². The van der Waals surface area contributed by atoms with Crippen LogP contribution in [0.1, 0.15) is 51.5 Å². The molecule has 0 bridgehead atoms. The van der Waals surface area contributed by atoms with Crippen molar-refractivity contribution in [3.8, 4) is 0 Å². The third kappa shape index (κ3) is 6.92. The Kier molecular flexibility index (Phi) is 10.7. The molecule has 0 saturated carbocycles. The number of hydrogen-bond acceptors (Lipinski definition) is 5. The summed E-state index contributed by atoms with van der Waals surface area (Å²) in [6, 6.07) is 4.76. The van der Waals surface area contributed by atoms with Gasteiger partial charge in [0.05, 0.1) is 12.2 Å². The number of rotatable bonds is 13. The van der Waals surface area contributed by atoms with E-state index < -0.39 is 18.2 Å². The maximum Gasteiger partial charge on any atom is 0.338 e. The maximum atomic E-state index is 13.6. The zero-order valence-electron chi connectivity index (χ0n) is 22.5. The van der Waals surface area contributed by atoms with Crippen molar-refractivity contribution in [3.63, 3.8) is 0 Å². The lowest BCUT2D eigenvalue weighted by atomic mass is 10.0. The Labute approximate surface area is 224 Å². The Morgan fingerprint density at radius 1 is 1.16 bits per heavy atom. The first-order valence-corrected chi connectivity index (χ1v) is 13.4. The van der Waals surface area contributed by atoms with Crippen molar-refractivity contribution in [1.29, 1.82) is 0 Å². The van der Waals surface area contributed by atoms with Gasteiger partial charge in [0.1, 0.15) is 24.6 Å². The summed E-state index contributed by atoms with van der Waals surface area (Å²) < 4.78 is 19.0. The molecule has 2 fully saturated rings. The van der Waals surface area contributed by atoms with Gasteiger partial charge in [-0.1, -0.05) is 52.0 Å². The van der Waals surface area contributed by atoms with E-state index in [-0.39, 0.29) is 37.3 Å². The summed E-state index contributed by atoms with van der Waals surface area (Å²) >= 11 is 0. The first-order valence-electron chi connectivity index (χ1n) is 13.4. The number of nitrogens with one attached hydrogen (secondary N) is 1. The second-order valence-corrected chi connectivity index (χ2v) is 9.57. The number of unbranched alkanes of at least 4 members (excludes halogenated alkanes) is 1. The van der Waals surface area contributed by atoms with Crippen LogP contribution in [-0.4, -0.2) is 82.7 Å². The molecule has 38 heavy (non-hydrogen) atoms. The fourth-order valence-corrected chi connectivity index (χ4v) is 4.79. The molecule has 2 atom stereocenters. The van der Waals surface area contributed by atoms with Crippen LogP contribution in [0, 0.1) is 5.82 Å². The molecule has 2 aliphatic rings. The number of benzene rings is 1. The standard InChI is InChI=1S/C28H40FN5O4/c1-5-8-16-38-17-9-15-31-19-25-33(24(10-6-2)27(31)36)26(35)20-32(21(4)7-3)34(25)28(37)30-18-22-11-13-23(29)14-12-22/h7,11-14,24-25H,3-6,8-10,15-20H2,1-2H3,(H,30,37)/t24-,25-/m0/s1. The van der Waals surface area contributed by atoms with Crippen molar-refractivity contribution in [1.82, 2.24) is 25.1 Å². The molecule has 0 unspecified atom stereocenters. The van der Waals surface area contributed by atoms with E-state index in [9.17, 15) is 18.8 Å². The Hall–Kier alpha value is -3.40. The molecule has 1 aromatic carbocycles. The van der Waals surface area contributed by atoms with E-state index in [1.54, 1.807) is 21.9 Å². The average Bonchev–Trinajstić information content (AvgIpc) is 2.91. The predicted octanol–water partition coefficient (Wildman–Crippen LogP) is 3.64. The molecule has 2 heterocycles. The van der Waals surface area contributed by atoms with E-state index in [1.165, 1.54) is 28.2 Å². The van der Waals surface area contributed by atoms with Crippen LogP contribution in [0.5, 0.6) is 0 Å². The molecule has 1 aromatic rings. The quantitative estimate of drug-likeness (QED) is 0.312. The number of piperazine rings is 1. The fourth-order valence-electron chi connectivity index (χ4n) is 4.79. The average molecular weight is 530 g/mol. The van der Waals surface area contributed by atoms with Crippen molar-refractivity contribution in [2.75, 3.05) is 32.8 Å². The highest BCUT2D eigenvalue weighted by molar-refractivity contribution is 5.91. The van der Waals surface area contributed by atoms with Gasteiger partial charge in [-0.15, -0.1) is 0 Å². The largest absolute Gasteiger partial charge is 0.381 e. The Morgan fingerprint density at radius 2 is 1.87 bits per heavy atom. The number of carbonyl (C=O) groups excluding carboxylic acids is 3. The molecular weight excluding hydrogens is 489 g/mol. The highest BCUT2D eigenvalue weighted by Gasteiger charge is 2.51. The molecule has 0 spiro atoms. The molecule has 208 valence electrons. The van der Waals surface area contributed by atoms with Gasteiger partial charge in [-0.05, 0) is 43.0 Å². The number of allylic oxidation sites excluding steroid dienone is 1. The second kappa shape index (κ2) is 13.9. The predicted molar refractivity (Wildman–Crippen MR) is 143 cm³/mol. The number of fused-ring (bicyclic) bond motifs is 1. The lowest BCUT2D eigenvalue weighted by molar-refractivity contribution is -0.185. The van der Waals surface area contributed by atoms with Crippen molar-refractivity contribution in [3.05, 3.63) is 60.6 Å². The highest BCUT2D eigenvalue weighted by atomic mass is 19.1. The molecule has 1 N–H and O–H groups in total. The van der Waals surface area contributed by atoms with E-state index >= 15 is 0 Å². The van der Waals surface area contributed by atoms with Gasteiger partial charge in [-0.3, -0.25) is 14.6 Å². The molecule has 0 aromatic heterocycles. The van der Waals surface area contributed by atoms with Gasteiger partial charge >= 0.3 is 6.03 Å². The topological polar surface area (TPSA) is 85.4 Å². The van der Waals surface area contributed by atoms with E-state index in [1.807, 2.05) is 6.92 Å². The normalized spacial score (nSPS) is 19.4. The Morgan fingerprint density at radius 3 is 2.53 bits per heavy atom. The number of amides is 4. The molecular formula is C28H40FN5O4. The summed E-state index contributed by atoms with van der Waals surface area (Å²) in [4.78, 5) is 43.7. The summed E-state index contributed by atoms with van der Waals surface area (Å²) in [6.07, 6.45) is 4.70. The Bertz CT molecular complexity index is 1000. The second-order valence-electron chi connectivity index (χ2n) is 9.57. The van der Waals surface area contributed by atoms with Crippen LogP contribution in [0.2, 0.25) is 0 Å². The van der Waals surface area contributed by atoms with Gasteiger partial charge in [0.25, 0.3) is 0 Å². The van der Waals surface area contributed by atoms with Crippen LogP contribution in [-0.2, 0) is 20.9 Å². The molecule has 10 heteroatoms. The molecule has 0 aliphatic carbocycles. The maximum absolute atomic E-state index is 13.6. The van der Waals surface area contributed by atoms with Gasteiger partial charge in [-0.2, -0.15) is 0 Å². The fraction of sp³-hybridized carbons (Fsp3) is 0.536. The number of hydrazine groups is 1. The zero-order valence-corrected chi connectivity index (χ0v) is 22.5. The summed E-state index contributed by atoms with van der Waals surface area (Å²) in [5.41, 5.74) is 1.13. The Balaban J connectivity index is 1.84. The molecule has 4 amide bonds. The zero-order chi connectivity index (χ0) is 27.7. The molecule has 9 nitrogen and oxygen atoms in total. The number of hydrogen-bond donors (Lipinski definition) is 1. The number of halogens is 1. The van der Waals surface area contributed by atoms with Crippen LogP contribution in [0.4, 0.5) is 9.18 Å². The summed E-state index contributed by atoms with van der Waals surface area (Å²) in [6.45, 7) is 13.7. The summed E-state index contributed by atoms with van der Waals surface area (Å²) in [5, 5.41) is 5.86.